The Kier molecular flexibility index (Phi) is 4.52. The molecule has 1 aliphatic heterocycles. The van der Waals surface area contributed by atoms with Gasteiger partial charge in [-0.3, -0.25) is 10.1 Å². The third kappa shape index (κ3) is 3.37. The highest BCUT2D eigenvalue weighted by molar-refractivity contribution is 7.89. The normalized spacial score (nSPS) is 18.2. The number of aromatic nitrogens is 5. The highest BCUT2D eigenvalue weighted by Crippen LogP contribution is 2.29. The topological polar surface area (TPSA) is 118 Å². The first-order valence-electron chi connectivity index (χ1n) is 8.70. The highest BCUT2D eigenvalue weighted by Gasteiger charge is 2.36. The van der Waals surface area contributed by atoms with Crippen molar-refractivity contribution in [1.82, 2.24) is 29.6 Å². The van der Waals surface area contributed by atoms with E-state index in [0.717, 1.165) is 17.8 Å². The van der Waals surface area contributed by atoms with Gasteiger partial charge in [0.1, 0.15) is 16.4 Å². The Hall–Kier alpha value is -2.59. The van der Waals surface area contributed by atoms with E-state index in [4.69, 9.17) is 4.52 Å². The van der Waals surface area contributed by atoms with Gasteiger partial charge in [0.2, 0.25) is 10.0 Å². The van der Waals surface area contributed by atoms with Crippen LogP contribution in [0.25, 0.3) is 11.4 Å². The number of sulfonamides is 1. The van der Waals surface area contributed by atoms with E-state index in [1.807, 2.05) is 12.1 Å². The summed E-state index contributed by atoms with van der Waals surface area (Å²) in [5.74, 6) is 1.88. The van der Waals surface area contributed by atoms with Crippen molar-refractivity contribution in [3.8, 4) is 11.4 Å². The van der Waals surface area contributed by atoms with Crippen LogP contribution >= 0.6 is 0 Å². The van der Waals surface area contributed by atoms with Crippen LogP contribution in [0.4, 0.5) is 0 Å². The quantitative estimate of drug-likeness (QED) is 0.707. The first kappa shape index (κ1) is 17.8. The van der Waals surface area contributed by atoms with E-state index in [0.29, 0.717) is 36.8 Å². The van der Waals surface area contributed by atoms with Crippen molar-refractivity contribution in [2.24, 2.45) is 5.92 Å². The van der Waals surface area contributed by atoms with E-state index in [9.17, 15) is 8.42 Å². The van der Waals surface area contributed by atoms with Gasteiger partial charge in [0.15, 0.2) is 11.6 Å². The molecule has 1 N–H and O–H groups in total. The van der Waals surface area contributed by atoms with Crippen LogP contribution in [0.5, 0.6) is 0 Å². The fourth-order valence-electron chi connectivity index (χ4n) is 3.44. The predicted octanol–water partition coefficient (Wildman–Crippen LogP) is 1.72. The molecule has 10 heteroatoms. The van der Waals surface area contributed by atoms with Gasteiger partial charge in [0.25, 0.3) is 0 Å². The van der Waals surface area contributed by atoms with Crippen molar-refractivity contribution in [3.63, 3.8) is 0 Å². The summed E-state index contributed by atoms with van der Waals surface area (Å²) >= 11 is 0. The number of pyridine rings is 1. The summed E-state index contributed by atoms with van der Waals surface area (Å²) in [5, 5.41) is 11.0. The maximum absolute atomic E-state index is 12.9. The Morgan fingerprint density at radius 1 is 1.30 bits per heavy atom. The summed E-state index contributed by atoms with van der Waals surface area (Å²) in [6.45, 7) is 4.18. The van der Waals surface area contributed by atoms with Crippen molar-refractivity contribution >= 4 is 10.0 Å². The average Bonchev–Trinajstić information content (AvgIpc) is 3.37. The summed E-state index contributed by atoms with van der Waals surface area (Å²) in [4.78, 5) is 8.69. The molecule has 3 aromatic heterocycles. The molecule has 0 bridgehead atoms. The van der Waals surface area contributed by atoms with Crippen molar-refractivity contribution < 1.29 is 12.9 Å². The molecule has 1 unspecified atom stereocenters. The van der Waals surface area contributed by atoms with E-state index in [1.54, 1.807) is 26.2 Å². The molecular formula is C17H20N6O3S. The molecule has 9 nitrogen and oxygen atoms in total. The predicted molar refractivity (Wildman–Crippen MR) is 96.2 cm³/mol. The summed E-state index contributed by atoms with van der Waals surface area (Å²) in [5.41, 5.74) is 1.29. The van der Waals surface area contributed by atoms with Crippen LogP contribution in [-0.4, -0.2) is 51.1 Å². The minimum Gasteiger partial charge on any atom is -0.360 e. The SMILES string of the molecule is Cc1noc(C)c1S(=O)(=O)N1CCC(Cc2nc(-c3ccncc3)n[nH]2)C1. The van der Waals surface area contributed by atoms with Crippen LogP contribution in [0.1, 0.15) is 23.7 Å². The lowest BCUT2D eigenvalue weighted by molar-refractivity contribution is 0.389. The van der Waals surface area contributed by atoms with E-state index in [2.05, 4.69) is 25.3 Å². The van der Waals surface area contributed by atoms with Gasteiger partial charge in [0, 0.05) is 37.5 Å². The van der Waals surface area contributed by atoms with Crippen LogP contribution in [0.15, 0.2) is 33.9 Å². The zero-order chi connectivity index (χ0) is 19.0. The Morgan fingerprint density at radius 2 is 2.07 bits per heavy atom. The Morgan fingerprint density at radius 3 is 2.78 bits per heavy atom. The monoisotopic (exact) mass is 388 g/mol. The Balaban J connectivity index is 1.46. The first-order chi connectivity index (χ1) is 12.9. The van der Waals surface area contributed by atoms with Gasteiger partial charge in [-0.2, -0.15) is 9.40 Å². The molecule has 0 aliphatic carbocycles. The minimum absolute atomic E-state index is 0.179. The lowest BCUT2D eigenvalue weighted by Gasteiger charge is -2.16. The maximum atomic E-state index is 12.9. The van der Waals surface area contributed by atoms with Crippen molar-refractivity contribution in [3.05, 3.63) is 41.8 Å². The number of nitrogens with zero attached hydrogens (tertiary/aromatic N) is 5. The smallest absolute Gasteiger partial charge is 0.248 e. The van der Waals surface area contributed by atoms with E-state index in [-0.39, 0.29) is 10.8 Å². The fraction of sp³-hybridized carbons (Fsp3) is 0.412. The zero-order valence-electron chi connectivity index (χ0n) is 15.1. The second-order valence-corrected chi connectivity index (χ2v) is 8.59. The Labute approximate surface area is 156 Å². The third-order valence-corrected chi connectivity index (χ3v) is 6.88. The van der Waals surface area contributed by atoms with Crippen molar-refractivity contribution in [2.75, 3.05) is 13.1 Å². The molecule has 4 rings (SSSR count). The van der Waals surface area contributed by atoms with Gasteiger partial charge >= 0.3 is 0 Å². The third-order valence-electron chi connectivity index (χ3n) is 4.77. The lowest BCUT2D eigenvalue weighted by atomic mass is 10.1. The number of rotatable bonds is 5. The molecule has 27 heavy (non-hydrogen) atoms. The van der Waals surface area contributed by atoms with E-state index in [1.165, 1.54) is 4.31 Å². The summed E-state index contributed by atoms with van der Waals surface area (Å²) in [6.07, 6.45) is 4.80. The number of nitrogens with one attached hydrogen (secondary N) is 1. The standard InChI is InChI=1S/C17H20N6O3S/c1-11-16(12(2)26-22-11)27(24,25)23-8-5-13(10-23)9-15-19-17(21-20-15)14-3-6-18-7-4-14/h3-4,6-7,13H,5,8-10H2,1-2H3,(H,19,20,21). The number of hydrogen-bond donors (Lipinski definition) is 1. The fourth-order valence-corrected chi connectivity index (χ4v) is 5.27. The number of hydrogen-bond acceptors (Lipinski definition) is 7. The molecule has 1 aliphatic rings. The molecule has 0 aromatic carbocycles. The van der Waals surface area contributed by atoms with E-state index < -0.39 is 10.0 Å². The number of aromatic amines is 1. The van der Waals surface area contributed by atoms with Crippen molar-refractivity contribution in [2.45, 2.75) is 31.6 Å². The van der Waals surface area contributed by atoms with Gasteiger partial charge in [-0.15, -0.1) is 0 Å². The molecule has 0 spiro atoms. The van der Waals surface area contributed by atoms with Crippen molar-refractivity contribution in [1.29, 1.82) is 0 Å². The summed E-state index contributed by atoms with van der Waals surface area (Å²) in [7, 11) is -3.60. The zero-order valence-corrected chi connectivity index (χ0v) is 15.9. The molecule has 1 atom stereocenters. The molecule has 3 aromatic rings. The average molecular weight is 388 g/mol. The van der Waals surface area contributed by atoms with Crippen LogP contribution in [0, 0.1) is 19.8 Å². The second kappa shape index (κ2) is 6.86. The van der Waals surface area contributed by atoms with Crippen LogP contribution in [0.2, 0.25) is 0 Å². The highest BCUT2D eigenvalue weighted by atomic mass is 32.2. The van der Waals surface area contributed by atoms with Crippen LogP contribution in [0.3, 0.4) is 0 Å². The Bertz CT molecular complexity index is 1020. The van der Waals surface area contributed by atoms with Crippen LogP contribution < -0.4 is 0 Å². The minimum atomic E-state index is -3.60. The molecule has 142 valence electrons. The van der Waals surface area contributed by atoms with Gasteiger partial charge < -0.3 is 4.52 Å². The van der Waals surface area contributed by atoms with Gasteiger partial charge in [0.05, 0.1) is 0 Å². The summed E-state index contributed by atoms with van der Waals surface area (Å²) in [6, 6.07) is 3.70. The molecule has 1 fully saturated rings. The van der Waals surface area contributed by atoms with Crippen LogP contribution in [-0.2, 0) is 16.4 Å². The van der Waals surface area contributed by atoms with E-state index >= 15 is 0 Å². The maximum Gasteiger partial charge on any atom is 0.248 e. The molecule has 0 radical (unpaired) electrons. The molecule has 1 saturated heterocycles. The summed E-state index contributed by atoms with van der Waals surface area (Å²) < 4.78 is 32.3. The number of H-pyrrole nitrogens is 1. The molecule has 4 heterocycles. The lowest BCUT2D eigenvalue weighted by Crippen LogP contribution is -2.29. The number of aryl methyl sites for hydroxylation is 2. The van der Waals surface area contributed by atoms with Gasteiger partial charge in [-0.05, 0) is 38.3 Å². The first-order valence-corrected chi connectivity index (χ1v) is 10.1. The van der Waals surface area contributed by atoms with Gasteiger partial charge in [-0.1, -0.05) is 5.16 Å². The molecule has 0 saturated carbocycles. The molecule has 0 amide bonds. The second-order valence-electron chi connectivity index (χ2n) is 6.72. The molecular weight excluding hydrogens is 368 g/mol. The largest absolute Gasteiger partial charge is 0.360 e. The van der Waals surface area contributed by atoms with Gasteiger partial charge in [-0.25, -0.2) is 13.4 Å².